The van der Waals surface area contributed by atoms with E-state index in [9.17, 15) is 4.39 Å². The zero-order valence-corrected chi connectivity index (χ0v) is 15.5. The van der Waals surface area contributed by atoms with Crippen molar-refractivity contribution in [1.29, 1.82) is 0 Å². The summed E-state index contributed by atoms with van der Waals surface area (Å²) in [5.74, 6) is 0.789. The normalized spacial score (nSPS) is 16.2. The highest BCUT2D eigenvalue weighted by atomic mass is 19.1. The molecule has 2 N–H and O–H groups in total. The number of ether oxygens (including phenoxy) is 1. The molecule has 5 heteroatoms. The van der Waals surface area contributed by atoms with E-state index in [1.807, 2.05) is 18.5 Å². The minimum Gasteiger partial charge on any atom is -0.491 e. The Labute approximate surface area is 162 Å². The first-order valence-electron chi connectivity index (χ1n) is 9.76. The fourth-order valence-electron chi connectivity index (χ4n) is 4.08. The molecule has 2 aromatic carbocycles. The molecule has 142 valence electrons. The van der Waals surface area contributed by atoms with E-state index in [2.05, 4.69) is 33.5 Å². The van der Waals surface area contributed by atoms with Crippen molar-refractivity contribution in [2.24, 2.45) is 0 Å². The van der Waals surface area contributed by atoms with E-state index < -0.39 is 0 Å². The minimum absolute atomic E-state index is 0.188. The van der Waals surface area contributed by atoms with Crippen molar-refractivity contribution < 1.29 is 9.13 Å². The number of aryl methyl sites for hydroxylation is 1. The molecule has 0 spiro atoms. The monoisotopic (exact) mass is 375 g/mol. The van der Waals surface area contributed by atoms with Gasteiger partial charge in [0, 0.05) is 34.7 Å². The predicted octanol–water partition coefficient (Wildman–Crippen LogP) is 4.38. The van der Waals surface area contributed by atoms with Crippen LogP contribution in [0.15, 0.2) is 54.9 Å². The van der Waals surface area contributed by atoms with Crippen molar-refractivity contribution >= 4 is 21.8 Å². The standard InChI is InChI=1S/C23H22FN3O/c24-17-6-8-22-20(12-17)16(13-27-22)3-1-9-25-18-11-15-5-7-21-19(4-2-10-26-21)23(15)28-14-18/h2,4-8,10,12-13,18,25,27H,1,3,9,11,14H2/t18-/m0/s1. The number of aromatic amines is 1. The molecule has 0 fully saturated rings. The molecule has 0 radical (unpaired) electrons. The number of nitrogens with one attached hydrogen (secondary N) is 2. The smallest absolute Gasteiger partial charge is 0.132 e. The fourth-order valence-corrected chi connectivity index (χ4v) is 4.08. The van der Waals surface area contributed by atoms with E-state index in [1.165, 1.54) is 17.2 Å². The summed E-state index contributed by atoms with van der Waals surface area (Å²) < 4.78 is 19.6. The van der Waals surface area contributed by atoms with Crippen LogP contribution in [0, 0.1) is 5.82 Å². The van der Waals surface area contributed by atoms with Gasteiger partial charge in [-0.05, 0) is 73.3 Å². The summed E-state index contributed by atoms with van der Waals surface area (Å²) in [5.41, 5.74) is 4.36. The van der Waals surface area contributed by atoms with Gasteiger partial charge in [-0.25, -0.2) is 4.39 Å². The third kappa shape index (κ3) is 3.22. The second-order valence-electron chi connectivity index (χ2n) is 7.40. The van der Waals surface area contributed by atoms with E-state index in [0.29, 0.717) is 12.6 Å². The largest absolute Gasteiger partial charge is 0.491 e. The number of rotatable bonds is 5. The van der Waals surface area contributed by atoms with Crippen LogP contribution in [0.2, 0.25) is 0 Å². The number of H-pyrrole nitrogens is 1. The Bertz CT molecular complexity index is 1140. The summed E-state index contributed by atoms with van der Waals surface area (Å²) in [6, 6.07) is 13.4. The number of pyridine rings is 1. The molecule has 3 heterocycles. The molecule has 4 nitrogen and oxygen atoms in total. The molecule has 0 saturated heterocycles. The van der Waals surface area contributed by atoms with Crippen LogP contribution >= 0.6 is 0 Å². The van der Waals surface area contributed by atoms with Gasteiger partial charge in [0.1, 0.15) is 18.2 Å². The molecule has 0 unspecified atom stereocenters. The maximum absolute atomic E-state index is 13.5. The molecule has 5 rings (SSSR count). The lowest BCUT2D eigenvalue weighted by atomic mass is 9.99. The predicted molar refractivity (Wildman–Crippen MR) is 109 cm³/mol. The number of benzene rings is 2. The Kier molecular flexibility index (Phi) is 4.45. The number of halogens is 1. The third-order valence-electron chi connectivity index (χ3n) is 5.50. The van der Waals surface area contributed by atoms with Crippen LogP contribution in [0.5, 0.6) is 5.75 Å². The number of nitrogens with zero attached hydrogens (tertiary/aromatic N) is 1. The van der Waals surface area contributed by atoms with Gasteiger partial charge in [-0.15, -0.1) is 0 Å². The lowest BCUT2D eigenvalue weighted by Gasteiger charge is -2.27. The highest BCUT2D eigenvalue weighted by molar-refractivity contribution is 5.86. The van der Waals surface area contributed by atoms with Crippen LogP contribution in [-0.4, -0.2) is 29.2 Å². The van der Waals surface area contributed by atoms with E-state index in [4.69, 9.17) is 4.74 Å². The third-order valence-corrected chi connectivity index (χ3v) is 5.50. The van der Waals surface area contributed by atoms with Gasteiger partial charge in [0.25, 0.3) is 0 Å². The summed E-state index contributed by atoms with van der Waals surface area (Å²) in [7, 11) is 0. The topological polar surface area (TPSA) is 49.9 Å². The lowest BCUT2D eigenvalue weighted by Crippen LogP contribution is -2.39. The molecular formula is C23H22FN3O. The Balaban J connectivity index is 1.19. The van der Waals surface area contributed by atoms with Gasteiger partial charge in [0.2, 0.25) is 0 Å². The van der Waals surface area contributed by atoms with Crippen LogP contribution < -0.4 is 10.1 Å². The van der Waals surface area contributed by atoms with Crippen molar-refractivity contribution in [3.05, 3.63) is 71.8 Å². The molecule has 2 aromatic heterocycles. The Morgan fingerprint density at radius 2 is 2.14 bits per heavy atom. The molecule has 1 aliphatic heterocycles. The Morgan fingerprint density at radius 3 is 3.11 bits per heavy atom. The van der Waals surface area contributed by atoms with Crippen LogP contribution in [-0.2, 0) is 12.8 Å². The van der Waals surface area contributed by atoms with Gasteiger partial charge in [-0.2, -0.15) is 0 Å². The zero-order valence-electron chi connectivity index (χ0n) is 15.5. The highest BCUT2D eigenvalue weighted by Gasteiger charge is 2.21. The second-order valence-corrected chi connectivity index (χ2v) is 7.40. The molecule has 28 heavy (non-hydrogen) atoms. The van der Waals surface area contributed by atoms with Gasteiger partial charge < -0.3 is 15.0 Å². The maximum atomic E-state index is 13.5. The van der Waals surface area contributed by atoms with Gasteiger partial charge in [0.15, 0.2) is 0 Å². The summed E-state index contributed by atoms with van der Waals surface area (Å²) in [6.07, 6.45) is 6.66. The summed E-state index contributed by atoms with van der Waals surface area (Å²) >= 11 is 0. The molecule has 0 bridgehead atoms. The van der Waals surface area contributed by atoms with Crippen LogP contribution in [0.1, 0.15) is 17.5 Å². The minimum atomic E-state index is -0.188. The molecule has 0 saturated carbocycles. The number of hydrogen-bond acceptors (Lipinski definition) is 3. The number of hydrogen-bond donors (Lipinski definition) is 2. The van der Waals surface area contributed by atoms with Gasteiger partial charge in [-0.3, -0.25) is 4.98 Å². The quantitative estimate of drug-likeness (QED) is 0.509. The number of fused-ring (bicyclic) bond motifs is 4. The van der Waals surface area contributed by atoms with E-state index in [0.717, 1.165) is 53.4 Å². The Morgan fingerprint density at radius 1 is 1.18 bits per heavy atom. The van der Waals surface area contributed by atoms with Crippen molar-refractivity contribution in [2.75, 3.05) is 13.2 Å². The summed E-state index contributed by atoms with van der Waals surface area (Å²) in [6.45, 7) is 1.57. The molecule has 0 amide bonds. The SMILES string of the molecule is Fc1ccc2[nH]cc(CCCN[C@@H]3COc4c(ccc5ncccc45)C3)c2c1. The second kappa shape index (κ2) is 7.24. The molecular weight excluding hydrogens is 353 g/mol. The van der Waals surface area contributed by atoms with Crippen molar-refractivity contribution in [1.82, 2.24) is 15.3 Å². The van der Waals surface area contributed by atoms with E-state index in [-0.39, 0.29) is 5.82 Å². The van der Waals surface area contributed by atoms with Crippen molar-refractivity contribution in [3.8, 4) is 5.75 Å². The van der Waals surface area contributed by atoms with E-state index >= 15 is 0 Å². The molecule has 1 aliphatic rings. The highest BCUT2D eigenvalue weighted by Crippen LogP contribution is 2.32. The fraction of sp³-hybridized carbons (Fsp3) is 0.261. The van der Waals surface area contributed by atoms with Crippen molar-refractivity contribution in [2.45, 2.75) is 25.3 Å². The zero-order chi connectivity index (χ0) is 18.9. The molecule has 1 atom stereocenters. The van der Waals surface area contributed by atoms with Crippen LogP contribution in [0.3, 0.4) is 0 Å². The van der Waals surface area contributed by atoms with Gasteiger partial charge in [-0.1, -0.05) is 6.07 Å². The first-order valence-corrected chi connectivity index (χ1v) is 9.76. The van der Waals surface area contributed by atoms with Gasteiger partial charge in [0.05, 0.1) is 5.52 Å². The average molecular weight is 375 g/mol. The molecule has 0 aliphatic carbocycles. The summed E-state index contributed by atoms with van der Waals surface area (Å²) in [5, 5.41) is 5.68. The molecule has 4 aromatic rings. The Hall–Kier alpha value is -2.92. The number of aromatic nitrogens is 2. The van der Waals surface area contributed by atoms with E-state index in [1.54, 1.807) is 12.1 Å². The first-order chi connectivity index (χ1) is 13.8. The lowest BCUT2D eigenvalue weighted by molar-refractivity contribution is 0.242. The maximum Gasteiger partial charge on any atom is 0.132 e. The first kappa shape index (κ1) is 17.2. The van der Waals surface area contributed by atoms with Crippen LogP contribution in [0.25, 0.3) is 21.8 Å². The van der Waals surface area contributed by atoms with Crippen LogP contribution in [0.4, 0.5) is 4.39 Å². The van der Waals surface area contributed by atoms with Gasteiger partial charge >= 0.3 is 0 Å². The van der Waals surface area contributed by atoms with Crippen molar-refractivity contribution in [3.63, 3.8) is 0 Å². The average Bonchev–Trinajstić information content (AvgIpc) is 3.13. The summed E-state index contributed by atoms with van der Waals surface area (Å²) in [4.78, 5) is 7.62.